The van der Waals surface area contributed by atoms with Crippen LogP contribution in [0.25, 0.3) is 0 Å². The van der Waals surface area contributed by atoms with Gasteiger partial charge >= 0.3 is 0 Å². The molecule has 2 spiro atoms. The Balaban J connectivity index is 1.93. The first-order chi connectivity index (χ1) is 9.15. The van der Waals surface area contributed by atoms with E-state index in [2.05, 4.69) is 31.9 Å². The highest BCUT2D eigenvalue weighted by Crippen LogP contribution is 2.56. The van der Waals surface area contributed by atoms with E-state index in [1.807, 2.05) is 12.1 Å². The van der Waals surface area contributed by atoms with Gasteiger partial charge in [0.05, 0.1) is 32.8 Å². The Morgan fingerprint density at radius 3 is 1.47 bits per heavy atom. The summed E-state index contributed by atoms with van der Waals surface area (Å²) in [6, 6.07) is 4.06. The molecular formula is C13H12Br2O4. The van der Waals surface area contributed by atoms with Crippen LogP contribution in [0.2, 0.25) is 0 Å². The Labute approximate surface area is 127 Å². The second-order valence-electron chi connectivity index (χ2n) is 4.89. The third-order valence-corrected chi connectivity index (χ3v) is 5.70. The standard InChI is InChI=1S/C13H12Br2O4/c14-10-5-8-9(6-11(10)15)13(18-3-4-19-13)7-12(8)16-1-2-17-12/h5-6H,1-4,7H2. The van der Waals surface area contributed by atoms with Crippen LogP contribution in [0.4, 0.5) is 0 Å². The zero-order valence-electron chi connectivity index (χ0n) is 10.1. The molecule has 4 rings (SSSR count). The lowest BCUT2D eigenvalue weighted by Gasteiger charge is -2.26. The maximum Gasteiger partial charge on any atom is 0.201 e. The van der Waals surface area contributed by atoms with Gasteiger partial charge in [-0.25, -0.2) is 0 Å². The van der Waals surface area contributed by atoms with Gasteiger partial charge in [-0.1, -0.05) is 0 Å². The molecule has 2 saturated heterocycles. The van der Waals surface area contributed by atoms with Crippen molar-refractivity contribution in [1.82, 2.24) is 0 Å². The minimum atomic E-state index is -0.719. The first-order valence-corrected chi connectivity index (χ1v) is 7.80. The Morgan fingerprint density at radius 1 is 0.737 bits per heavy atom. The number of benzene rings is 1. The first kappa shape index (κ1) is 12.7. The van der Waals surface area contributed by atoms with Crippen molar-refractivity contribution in [2.45, 2.75) is 18.0 Å². The summed E-state index contributed by atoms with van der Waals surface area (Å²) < 4.78 is 25.5. The van der Waals surface area contributed by atoms with Crippen molar-refractivity contribution in [3.8, 4) is 0 Å². The molecule has 0 aromatic heterocycles. The highest BCUT2D eigenvalue weighted by molar-refractivity contribution is 9.13. The topological polar surface area (TPSA) is 36.9 Å². The lowest BCUT2D eigenvalue weighted by atomic mass is 10.1. The first-order valence-electron chi connectivity index (χ1n) is 6.21. The molecule has 1 aromatic rings. The summed E-state index contributed by atoms with van der Waals surface area (Å²) in [7, 11) is 0. The summed E-state index contributed by atoms with van der Waals surface area (Å²) >= 11 is 7.07. The number of hydrogen-bond acceptors (Lipinski definition) is 4. The van der Waals surface area contributed by atoms with Gasteiger partial charge in [0, 0.05) is 20.1 Å². The Morgan fingerprint density at radius 2 is 1.11 bits per heavy atom. The second-order valence-corrected chi connectivity index (χ2v) is 6.60. The molecule has 6 heteroatoms. The largest absolute Gasteiger partial charge is 0.343 e. The van der Waals surface area contributed by atoms with Crippen LogP contribution in [-0.2, 0) is 30.5 Å². The molecule has 0 unspecified atom stereocenters. The van der Waals surface area contributed by atoms with Crippen LogP contribution in [0.5, 0.6) is 0 Å². The van der Waals surface area contributed by atoms with E-state index in [-0.39, 0.29) is 0 Å². The average Bonchev–Trinajstić information content (AvgIpc) is 3.08. The molecule has 2 heterocycles. The molecule has 1 aliphatic carbocycles. The van der Waals surface area contributed by atoms with Crippen molar-refractivity contribution in [3.63, 3.8) is 0 Å². The summed E-state index contributed by atoms with van der Waals surface area (Å²) in [6.45, 7) is 2.40. The van der Waals surface area contributed by atoms with Crippen LogP contribution in [0.3, 0.4) is 0 Å². The van der Waals surface area contributed by atoms with Crippen LogP contribution in [0.15, 0.2) is 21.1 Å². The Bertz CT molecular complexity index is 487. The van der Waals surface area contributed by atoms with Gasteiger partial charge in [0.15, 0.2) is 0 Å². The van der Waals surface area contributed by atoms with Crippen molar-refractivity contribution >= 4 is 31.9 Å². The summed E-state index contributed by atoms with van der Waals surface area (Å²) in [5.74, 6) is -1.44. The van der Waals surface area contributed by atoms with E-state index in [0.717, 1.165) is 20.1 Å². The molecule has 1 aromatic carbocycles. The molecule has 2 fully saturated rings. The number of ether oxygens (including phenoxy) is 4. The quantitative estimate of drug-likeness (QED) is 0.681. The molecule has 4 nitrogen and oxygen atoms in total. The van der Waals surface area contributed by atoms with Crippen LogP contribution >= 0.6 is 31.9 Å². The van der Waals surface area contributed by atoms with E-state index in [1.165, 1.54) is 0 Å². The number of rotatable bonds is 0. The zero-order valence-corrected chi connectivity index (χ0v) is 13.3. The van der Waals surface area contributed by atoms with Crippen molar-refractivity contribution in [2.24, 2.45) is 0 Å². The maximum atomic E-state index is 5.89. The van der Waals surface area contributed by atoms with Gasteiger partial charge in [-0.3, -0.25) is 0 Å². The van der Waals surface area contributed by atoms with E-state index in [9.17, 15) is 0 Å². The minimum Gasteiger partial charge on any atom is -0.343 e. The number of fused-ring (bicyclic) bond motifs is 3. The van der Waals surface area contributed by atoms with Gasteiger partial charge in [-0.05, 0) is 44.0 Å². The molecule has 2 aliphatic heterocycles. The summed E-state index contributed by atoms with van der Waals surface area (Å²) in [5.41, 5.74) is 2.00. The highest BCUT2D eigenvalue weighted by Gasteiger charge is 2.59. The number of halogens is 2. The number of hydrogen-bond donors (Lipinski definition) is 0. The van der Waals surface area contributed by atoms with E-state index in [1.54, 1.807) is 0 Å². The van der Waals surface area contributed by atoms with Crippen molar-refractivity contribution in [2.75, 3.05) is 26.4 Å². The van der Waals surface area contributed by atoms with Gasteiger partial charge < -0.3 is 18.9 Å². The fourth-order valence-electron chi connectivity index (χ4n) is 3.10. The smallest absolute Gasteiger partial charge is 0.201 e. The lowest BCUT2D eigenvalue weighted by molar-refractivity contribution is -0.239. The third kappa shape index (κ3) is 1.71. The van der Waals surface area contributed by atoms with Crippen LogP contribution in [0, 0.1) is 0 Å². The average molecular weight is 392 g/mol. The predicted octanol–water partition coefficient (Wildman–Crippen LogP) is 3.01. The highest BCUT2D eigenvalue weighted by atomic mass is 79.9. The van der Waals surface area contributed by atoms with Gasteiger partial charge in [0.25, 0.3) is 0 Å². The Kier molecular flexibility index (Phi) is 2.85. The summed E-state index contributed by atoms with van der Waals surface area (Å²) in [5, 5.41) is 0. The van der Waals surface area contributed by atoms with Crippen molar-refractivity contribution in [1.29, 1.82) is 0 Å². The van der Waals surface area contributed by atoms with E-state index in [4.69, 9.17) is 18.9 Å². The minimum absolute atomic E-state index is 0.554. The van der Waals surface area contributed by atoms with Gasteiger partial charge in [0.1, 0.15) is 0 Å². The predicted molar refractivity (Wildman–Crippen MR) is 73.6 cm³/mol. The van der Waals surface area contributed by atoms with Crippen molar-refractivity contribution < 1.29 is 18.9 Å². The second kappa shape index (κ2) is 4.26. The third-order valence-electron chi connectivity index (χ3n) is 3.85. The van der Waals surface area contributed by atoms with Crippen molar-refractivity contribution in [3.05, 3.63) is 32.2 Å². The van der Waals surface area contributed by atoms with E-state index < -0.39 is 11.6 Å². The van der Waals surface area contributed by atoms with Gasteiger partial charge in [-0.2, -0.15) is 0 Å². The maximum absolute atomic E-state index is 5.89. The fraction of sp³-hybridized carbons (Fsp3) is 0.538. The lowest BCUT2D eigenvalue weighted by Crippen LogP contribution is -2.30. The summed E-state index contributed by atoms with van der Waals surface area (Å²) in [6.07, 6.45) is 0.554. The molecule has 0 saturated carbocycles. The molecule has 0 amide bonds. The van der Waals surface area contributed by atoms with Gasteiger partial charge in [0.2, 0.25) is 11.6 Å². The molecule has 0 atom stereocenters. The van der Waals surface area contributed by atoms with Gasteiger partial charge in [-0.15, -0.1) is 0 Å². The molecule has 0 bridgehead atoms. The molecule has 102 valence electrons. The summed E-state index contributed by atoms with van der Waals surface area (Å²) in [4.78, 5) is 0. The SMILES string of the molecule is Brc1cc2c(cc1Br)C1(CC23OCCO3)OCCO1. The van der Waals surface area contributed by atoms with Crippen LogP contribution in [0.1, 0.15) is 17.5 Å². The Hall–Kier alpha value is 0.0200. The molecule has 3 aliphatic rings. The molecule has 0 N–H and O–H groups in total. The normalized spacial score (nSPS) is 26.4. The van der Waals surface area contributed by atoms with E-state index >= 15 is 0 Å². The molecular weight excluding hydrogens is 380 g/mol. The molecule has 0 radical (unpaired) electrons. The molecule has 19 heavy (non-hydrogen) atoms. The van der Waals surface area contributed by atoms with Crippen LogP contribution < -0.4 is 0 Å². The fourth-order valence-corrected chi connectivity index (χ4v) is 3.79. The van der Waals surface area contributed by atoms with Crippen LogP contribution in [-0.4, -0.2) is 26.4 Å². The monoisotopic (exact) mass is 390 g/mol. The zero-order chi connectivity index (χ0) is 13.1. The van der Waals surface area contributed by atoms with E-state index in [0.29, 0.717) is 32.8 Å².